The van der Waals surface area contributed by atoms with Crippen LogP contribution in [0.15, 0.2) is 58.9 Å². The van der Waals surface area contributed by atoms with Crippen LogP contribution in [0.4, 0.5) is 5.13 Å². The highest BCUT2D eigenvalue weighted by Crippen LogP contribution is 2.28. The topological polar surface area (TPSA) is 73.3 Å². The van der Waals surface area contributed by atoms with E-state index < -0.39 is 0 Å². The van der Waals surface area contributed by atoms with E-state index in [4.69, 9.17) is 9.47 Å². The Morgan fingerprint density at radius 1 is 1.08 bits per heavy atom. The smallest absolute Gasteiger partial charge is 0.264 e. The van der Waals surface area contributed by atoms with Gasteiger partial charge in [0.25, 0.3) is 5.91 Å². The van der Waals surface area contributed by atoms with Gasteiger partial charge in [0.05, 0.1) is 7.11 Å². The molecular weight excluding hydrogens is 370 g/mol. The third-order valence-electron chi connectivity index (χ3n) is 3.29. The molecule has 3 rings (SSSR count). The number of hydrogen-bond acceptors (Lipinski definition) is 7. The van der Waals surface area contributed by atoms with E-state index in [9.17, 15) is 4.79 Å². The lowest BCUT2D eigenvalue weighted by Gasteiger charge is -2.06. The monoisotopic (exact) mass is 387 g/mol. The molecule has 1 aromatic heterocycles. The van der Waals surface area contributed by atoms with Crippen molar-refractivity contribution in [3.8, 4) is 11.5 Å². The standard InChI is InChI=1S/C18H17N3O3S2/c1-23-14-7-9-15(10-8-14)24-11-16(22)19-17-20-21-18(26-17)25-12-13-5-3-2-4-6-13/h2-10H,11-12H2,1H3,(H,19,20,22). The van der Waals surface area contributed by atoms with Crippen molar-refractivity contribution in [3.63, 3.8) is 0 Å². The molecule has 8 heteroatoms. The summed E-state index contributed by atoms with van der Waals surface area (Å²) in [6, 6.07) is 17.2. The van der Waals surface area contributed by atoms with Gasteiger partial charge in [0, 0.05) is 5.75 Å². The van der Waals surface area contributed by atoms with Crippen LogP contribution in [0.2, 0.25) is 0 Å². The Morgan fingerprint density at radius 2 is 1.81 bits per heavy atom. The second kappa shape index (κ2) is 9.21. The summed E-state index contributed by atoms with van der Waals surface area (Å²) in [7, 11) is 1.60. The zero-order valence-electron chi connectivity index (χ0n) is 14.0. The van der Waals surface area contributed by atoms with Gasteiger partial charge < -0.3 is 9.47 Å². The SMILES string of the molecule is COc1ccc(OCC(=O)Nc2nnc(SCc3ccccc3)s2)cc1. The van der Waals surface area contributed by atoms with Gasteiger partial charge in [-0.3, -0.25) is 10.1 Å². The Hall–Kier alpha value is -2.58. The number of amides is 1. The Balaban J connectivity index is 1.44. The first-order valence-electron chi connectivity index (χ1n) is 7.80. The van der Waals surface area contributed by atoms with E-state index in [0.717, 1.165) is 15.8 Å². The predicted molar refractivity (Wildman–Crippen MR) is 103 cm³/mol. The molecule has 0 saturated carbocycles. The first-order valence-corrected chi connectivity index (χ1v) is 9.60. The van der Waals surface area contributed by atoms with Gasteiger partial charge in [-0.2, -0.15) is 0 Å². The van der Waals surface area contributed by atoms with Crippen LogP contribution in [0, 0.1) is 0 Å². The van der Waals surface area contributed by atoms with Crippen LogP contribution in [0.5, 0.6) is 11.5 Å². The van der Waals surface area contributed by atoms with Gasteiger partial charge >= 0.3 is 0 Å². The summed E-state index contributed by atoms with van der Waals surface area (Å²) in [4.78, 5) is 12.0. The number of thioether (sulfide) groups is 1. The minimum atomic E-state index is -0.281. The molecule has 1 heterocycles. The van der Waals surface area contributed by atoms with Gasteiger partial charge in [0.1, 0.15) is 11.5 Å². The van der Waals surface area contributed by atoms with E-state index in [0.29, 0.717) is 10.9 Å². The molecule has 1 N–H and O–H groups in total. The van der Waals surface area contributed by atoms with Crippen LogP contribution in [-0.4, -0.2) is 29.8 Å². The van der Waals surface area contributed by atoms with Crippen LogP contribution in [0.25, 0.3) is 0 Å². The molecule has 2 aromatic carbocycles. The summed E-state index contributed by atoms with van der Waals surface area (Å²) in [5.41, 5.74) is 1.21. The third-order valence-corrected chi connectivity index (χ3v) is 5.33. The molecule has 1 amide bonds. The van der Waals surface area contributed by atoms with Crippen LogP contribution < -0.4 is 14.8 Å². The Morgan fingerprint density at radius 3 is 2.54 bits per heavy atom. The van der Waals surface area contributed by atoms with Crippen LogP contribution in [0.1, 0.15) is 5.56 Å². The Kier molecular flexibility index (Phi) is 6.45. The lowest BCUT2D eigenvalue weighted by atomic mass is 10.2. The van der Waals surface area contributed by atoms with Gasteiger partial charge in [0.2, 0.25) is 5.13 Å². The molecule has 0 saturated heterocycles. The fourth-order valence-electron chi connectivity index (χ4n) is 2.01. The number of nitrogens with one attached hydrogen (secondary N) is 1. The van der Waals surface area contributed by atoms with Crippen molar-refractivity contribution in [3.05, 3.63) is 60.2 Å². The summed E-state index contributed by atoms with van der Waals surface area (Å²) in [5.74, 6) is 1.86. The molecule has 3 aromatic rings. The Labute approximate surface area is 159 Å². The van der Waals surface area contributed by atoms with E-state index in [1.165, 1.54) is 16.9 Å². The second-order valence-corrected chi connectivity index (χ2v) is 7.36. The van der Waals surface area contributed by atoms with Crippen LogP contribution in [0.3, 0.4) is 0 Å². The number of carbonyl (C=O) groups excluding carboxylic acids is 1. The number of aromatic nitrogens is 2. The number of ether oxygens (including phenoxy) is 2. The molecule has 6 nitrogen and oxygen atoms in total. The molecule has 26 heavy (non-hydrogen) atoms. The van der Waals surface area contributed by atoms with E-state index >= 15 is 0 Å². The number of anilines is 1. The fourth-order valence-corrected chi connectivity index (χ4v) is 3.74. The molecule has 0 radical (unpaired) electrons. The molecule has 0 aliphatic carbocycles. The summed E-state index contributed by atoms with van der Waals surface area (Å²) >= 11 is 2.93. The molecule has 0 fully saturated rings. The number of methoxy groups -OCH3 is 1. The maximum absolute atomic E-state index is 12.0. The molecule has 134 valence electrons. The normalized spacial score (nSPS) is 10.3. The predicted octanol–water partition coefficient (Wildman–Crippen LogP) is 3.86. The lowest BCUT2D eigenvalue weighted by Crippen LogP contribution is -2.20. The number of carbonyl (C=O) groups is 1. The summed E-state index contributed by atoms with van der Waals surface area (Å²) in [6.45, 7) is -0.0988. The van der Waals surface area contributed by atoms with Crippen LogP contribution in [-0.2, 0) is 10.5 Å². The van der Waals surface area contributed by atoms with E-state index in [-0.39, 0.29) is 12.5 Å². The number of hydrogen-bond donors (Lipinski definition) is 1. The van der Waals surface area contributed by atoms with Crippen molar-refractivity contribution in [1.29, 1.82) is 0 Å². The highest BCUT2D eigenvalue weighted by atomic mass is 32.2. The van der Waals surface area contributed by atoms with Crippen molar-refractivity contribution < 1.29 is 14.3 Å². The first kappa shape index (κ1) is 18.2. The van der Waals surface area contributed by atoms with E-state index in [1.807, 2.05) is 18.2 Å². The Bertz CT molecular complexity index is 838. The van der Waals surface area contributed by atoms with Gasteiger partial charge in [-0.15, -0.1) is 10.2 Å². The van der Waals surface area contributed by atoms with Gasteiger partial charge in [-0.25, -0.2) is 0 Å². The molecule has 0 aliphatic rings. The van der Waals surface area contributed by atoms with Gasteiger partial charge in [-0.1, -0.05) is 53.4 Å². The van der Waals surface area contributed by atoms with Crippen molar-refractivity contribution >= 4 is 34.1 Å². The zero-order chi connectivity index (χ0) is 18.2. The fraction of sp³-hybridized carbons (Fsp3) is 0.167. The molecule has 0 atom stereocenters. The van der Waals surface area contributed by atoms with E-state index in [1.54, 1.807) is 43.1 Å². The number of nitrogens with zero attached hydrogens (tertiary/aromatic N) is 2. The molecule has 0 bridgehead atoms. The van der Waals surface area contributed by atoms with Crippen LogP contribution >= 0.6 is 23.1 Å². The van der Waals surface area contributed by atoms with Crippen molar-refractivity contribution in [2.45, 2.75) is 10.1 Å². The molecule has 0 spiro atoms. The summed E-state index contributed by atoms with van der Waals surface area (Å²) in [5, 5.41) is 11.2. The average Bonchev–Trinajstić information content (AvgIpc) is 3.13. The molecule has 0 aliphatic heterocycles. The number of rotatable bonds is 8. The quantitative estimate of drug-likeness (QED) is 0.467. The minimum Gasteiger partial charge on any atom is -0.497 e. The van der Waals surface area contributed by atoms with Gasteiger partial charge in [-0.05, 0) is 29.8 Å². The maximum Gasteiger partial charge on any atom is 0.264 e. The molecular formula is C18H17N3O3S2. The third kappa shape index (κ3) is 5.47. The summed E-state index contributed by atoms with van der Waals surface area (Å²) in [6.07, 6.45) is 0. The van der Waals surface area contributed by atoms with Crippen molar-refractivity contribution in [1.82, 2.24) is 10.2 Å². The van der Waals surface area contributed by atoms with Crippen molar-refractivity contribution in [2.24, 2.45) is 0 Å². The van der Waals surface area contributed by atoms with E-state index in [2.05, 4.69) is 27.6 Å². The zero-order valence-corrected chi connectivity index (χ0v) is 15.7. The minimum absolute atomic E-state index is 0.0988. The van der Waals surface area contributed by atoms with Gasteiger partial charge in [0.15, 0.2) is 10.9 Å². The molecule has 0 unspecified atom stereocenters. The maximum atomic E-state index is 12.0. The lowest BCUT2D eigenvalue weighted by molar-refractivity contribution is -0.118. The highest BCUT2D eigenvalue weighted by Gasteiger charge is 2.09. The largest absolute Gasteiger partial charge is 0.497 e. The van der Waals surface area contributed by atoms with Crippen molar-refractivity contribution in [2.75, 3.05) is 19.0 Å². The average molecular weight is 387 g/mol. The number of benzene rings is 2. The second-order valence-electron chi connectivity index (χ2n) is 5.16. The summed E-state index contributed by atoms with van der Waals surface area (Å²) < 4.78 is 11.3. The first-order chi connectivity index (χ1) is 12.7. The highest BCUT2D eigenvalue weighted by molar-refractivity contribution is 8.00.